The fourth-order valence-corrected chi connectivity index (χ4v) is 3.07. The van der Waals surface area contributed by atoms with Gasteiger partial charge in [0.2, 0.25) is 0 Å². The summed E-state index contributed by atoms with van der Waals surface area (Å²) in [4.78, 5) is 2.14. The molecule has 0 fully saturated rings. The van der Waals surface area contributed by atoms with Crippen LogP contribution in [0.1, 0.15) is 29.0 Å². The largest absolute Gasteiger partial charge is 0.475 e. The van der Waals surface area contributed by atoms with Gasteiger partial charge in [0, 0.05) is 25.0 Å². The van der Waals surface area contributed by atoms with Crippen molar-refractivity contribution in [2.24, 2.45) is 0 Å². The molecular formula is C19H23NO2. The maximum atomic E-state index is 6.16. The first kappa shape index (κ1) is 15.1. The van der Waals surface area contributed by atoms with E-state index < -0.39 is 0 Å². The van der Waals surface area contributed by atoms with Gasteiger partial charge in [-0.05, 0) is 37.4 Å². The maximum Gasteiger partial charge on any atom is 0.153 e. The fraction of sp³-hybridized carbons (Fsp3) is 0.368. The molecule has 2 unspecified atom stereocenters. The zero-order valence-electron chi connectivity index (χ0n) is 13.5. The Hall–Kier alpha value is -1.84. The Morgan fingerprint density at radius 1 is 1.14 bits per heavy atom. The lowest BCUT2D eigenvalue weighted by atomic mass is 9.85. The predicted molar refractivity (Wildman–Crippen MR) is 88.2 cm³/mol. The summed E-state index contributed by atoms with van der Waals surface area (Å²) in [6.45, 7) is 0.631. The van der Waals surface area contributed by atoms with Crippen molar-refractivity contribution < 1.29 is 9.47 Å². The molecular weight excluding hydrogens is 274 g/mol. The number of ether oxygens (including phenoxy) is 2. The summed E-state index contributed by atoms with van der Waals surface area (Å²) in [5.41, 5.74) is 3.79. The van der Waals surface area contributed by atoms with Crippen LogP contribution in [0.25, 0.3) is 0 Å². The van der Waals surface area contributed by atoms with E-state index in [-0.39, 0.29) is 6.23 Å². The summed E-state index contributed by atoms with van der Waals surface area (Å²) in [6.07, 6.45) is 1.06. The van der Waals surface area contributed by atoms with Crippen molar-refractivity contribution in [1.29, 1.82) is 0 Å². The van der Waals surface area contributed by atoms with Gasteiger partial charge in [-0.2, -0.15) is 0 Å². The molecule has 2 aromatic carbocycles. The van der Waals surface area contributed by atoms with Crippen molar-refractivity contribution in [1.82, 2.24) is 4.90 Å². The van der Waals surface area contributed by atoms with Crippen LogP contribution in [0.15, 0.2) is 48.5 Å². The average Bonchev–Trinajstić information content (AvgIpc) is 2.55. The van der Waals surface area contributed by atoms with E-state index in [1.54, 1.807) is 7.11 Å². The van der Waals surface area contributed by atoms with Gasteiger partial charge in [0.25, 0.3) is 0 Å². The molecule has 1 aliphatic rings. The van der Waals surface area contributed by atoms with Crippen molar-refractivity contribution >= 4 is 0 Å². The monoisotopic (exact) mass is 297 g/mol. The second-order valence-corrected chi connectivity index (χ2v) is 6.04. The van der Waals surface area contributed by atoms with Crippen LogP contribution in [0.3, 0.4) is 0 Å². The van der Waals surface area contributed by atoms with E-state index in [4.69, 9.17) is 9.47 Å². The predicted octanol–water partition coefficient (Wildman–Crippen LogP) is 3.64. The van der Waals surface area contributed by atoms with E-state index in [1.165, 1.54) is 16.7 Å². The Bertz CT molecular complexity index is 625. The molecule has 0 bridgehead atoms. The molecule has 0 amide bonds. The van der Waals surface area contributed by atoms with E-state index in [0.717, 1.165) is 12.2 Å². The maximum absolute atomic E-state index is 6.16. The average molecular weight is 297 g/mol. The van der Waals surface area contributed by atoms with Gasteiger partial charge in [-0.3, -0.25) is 4.90 Å². The van der Waals surface area contributed by atoms with Crippen molar-refractivity contribution in [3.05, 3.63) is 65.2 Å². The topological polar surface area (TPSA) is 21.7 Å². The molecule has 0 aromatic heterocycles. The molecule has 0 aliphatic carbocycles. The molecule has 0 N–H and O–H groups in total. The Kier molecular flexibility index (Phi) is 4.46. The van der Waals surface area contributed by atoms with Gasteiger partial charge in [-0.1, -0.05) is 36.4 Å². The molecule has 0 saturated carbocycles. The molecule has 22 heavy (non-hydrogen) atoms. The van der Waals surface area contributed by atoms with Gasteiger partial charge in [-0.25, -0.2) is 0 Å². The number of hydrogen-bond acceptors (Lipinski definition) is 3. The van der Waals surface area contributed by atoms with Crippen LogP contribution in [-0.4, -0.2) is 32.3 Å². The van der Waals surface area contributed by atoms with Crippen LogP contribution in [0, 0.1) is 0 Å². The van der Waals surface area contributed by atoms with Crippen LogP contribution in [-0.2, 0) is 11.3 Å². The first-order valence-corrected chi connectivity index (χ1v) is 7.69. The quantitative estimate of drug-likeness (QED) is 0.860. The number of benzene rings is 2. The highest BCUT2D eigenvalue weighted by molar-refractivity contribution is 5.46. The lowest BCUT2D eigenvalue weighted by molar-refractivity contribution is 0.0403. The molecule has 0 saturated heterocycles. The summed E-state index contributed by atoms with van der Waals surface area (Å²) in [6, 6.07) is 17.1. The van der Waals surface area contributed by atoms with Gasteiger partial charge < -0.3 is 9.47 Å². The Labute approximate surface area is 132 Å². The van der Waals surface area contributed by atoms with Crippen LogP contribution in [0.2, 0.25) is 0 Å². The summed E-state index contributed by atoms with van der Waals surface area (Å²) >= 11 is 0. The normalized spacial score (nSPS) is 20.5. The Balaban J connectivity index is 2.03. The second-order valence-electron chi connectivity index (χ2n) is 6.04. The Morgan fingerprint density at radius 2 is 1.91 bits per heavy atom. The molecule has 1 aliphatic heterocycles. The zero-order chi connectivity index (χ0) is 15.5. The van der Waals surface area contributed by atoms with E-state index in [2.05, 4.69) is 67.5 Å². The minimum Gasteiger partial charge on any atom is -0.475 e. The summed E-state index contributed by atoms with van der Waals surface area (Å²) in [5.74, 6) is 1.34. The minimum atomic E-state index is 0.103. The standard InChI is InChI=1S/C19H23NO2/c1-20(2)19-12-16(15-7-5-4-6-8-15)17-11-14(13-21-3)9-10-18(17)22-19/h4-11,16,19H,12-13H2,1-3H3. The highest BCUT2D eigenvalue weighted by Gasteiger charge is 2.30. The third-order valence-electron chi connectivity index (χ3n) is 4.24. The number of hydrogen-bond donors (Lipinski definition) is 0. The number of rotatable bonds is 4. The summed E-state index contributed by atoms with van der Waals surface area (Å²) in [7, 11) is 5.86. The first-order valence-electron chi connectivity index (χ1n) is 7.69. The molecule has 3 nitrogen and oxygen atoms in total. The summed E-state index contributed by atoms with van der Waals surface area (Å²) in [5, 5.41) is 0. The summed E-state index contributed by atoms with van der Waals surface area (Å²) < 4.78 is 11.4. The lowest BCUT2D eigenvalue weighted by Gasteiger charge is -2.36. The molecule has 3 heteroatoms. The fourth-order valence-electron chi connectivity index (χ4n) is 3.07. The molecule has 2 atom stereocenters. The van der Waals surface area contributed by atoms with E-state index >= 15 is 0 Å². The molecule has 0 spiro atoms. The van der Waals surface area contributed by atoms with E-state index in [1.807, 2.05) is 0 Å². The molecule has 0 radical (unpaired) electrons. The molecule has 1 heterocycles. The van der Waals surface area contributed by atoms with Gasteiger partial charge >= 0.3 is 0 Å². The van der Waals surface area contributed by atoms with Crippen LogP contribution in [0.4, 0.5) is 0 Å². The number of fused-ring (bicyclic) bond motifs is 1. The first-order chi connectivity index (χ1) is 10.7. The van der Waals surface area contributed by atoms with Crippen molar-refractivity contribution in [2.75, 3.05) is 21.2 Å². The van der Waals surface area contributed by atoms with Crippen molar-refractivity contribution in [2.45, 2.75) is 25.2 Å². The second kappa shape index (κ2) is 6.51. The van der Waals surface area contributed by atoms with E-state index in [0.29, 0.717) is 12.5 Å². The molecule has 2 aromatic rings. The van der Waals surface area contributed by atoms with Gasteiger partial charge in [-0.15, -0.1) is 0 Å². The SMILES string of the molecule is COCc1ccc2c(c1)C(c1ccccc1)CC(N(C)C)O2. The number of nitrogens with zero attached hydrogens (tertiary/aromatic N) is 1. The van der Waals surface area contributed by atoms with E-state index in [9.17, 15) is 0 Å². The van der Waals surface area contributed by atoms with Gasteiger partial charge in [0.15, 0.2) is 6.23 Å². The third kappa shape index (κ3) is 3.01. The van der Waals surface area contributed by atoms with Crippen molar-refractivity contribution in [3.63, 3.8) is 0 Å². The van der Waals surface area contributed by atoms with Gasteiger partial charge in [0.05, 0.1) is 6.61 Å². The smallest absolute Gasteiger partial charge is 0.153 e. The highest BCUT2D eigenvalue weighted by Crippen LogP contribution is 2.41. The molecule has 116 valence electrons. The van der Waals surface area contributed by atoms with Crippen LogP contribution >= 0.6 is 0 Å². The lowest BCUT2D eigenvalue weighted by Crippen LogP contribution is -2.38. The van der Waals surface area contributed by atoms with Gasteiger partial charge in [0.1, 0.15) is 5.75 Å². The van der Waals surface area contributed by atoms with Crippen molar-refractivity contribution in [3.8, 4) is 5.75 Å². The highest BCUT2D eigenvalue weighted by atomic mass is 16.5. The third-order valence-corrected chi connectivity index (χ3v) is 4.24. The van der Waals surface area contributed by atoms with Crippen LogP contribution < -0.4 is 4.74 Å². The zero-order valence-corrected chi connectivity index (χ0v) is 13.5. The Morgan fingerprint density at radius 3 is 2.59 bits per heavy atom. The van der Waals surface area contributed by atoms with Crippen LogP contribution in [0.5, 0.6) is 5.75 Å². The number of methoxy groups -OCH3 is 1. The minimum absolute atomic E-state index is 0.103. The molecule has 3 rings (SSSR count).